The molecule has 0 radical (unpaired) electrons. The highest BCUT2D eigenvalue weighted by Gasteiger charge is 2.28. The van der Waals surface area contributed by atoms with Crippen LogP contribution in [0.4, 0.5) is 0 Å². The summed E-state index contributed by atoms with van der Waals surface area (Å²) >= 11 is 0. The molecule has 0 amide bonds. The standard InChI is InChI=1S/C14H22N2/c1-10(2)11-4-6-12(7-5-11)13-8-16(3)9-14(13)15/h4-7,10,13-14H,8-9,15H2,1-3H3/t13-,14-/m0/s1. The van der Waals surface area contributed by atoms with Crippen LogP contribution < -0.4 is 5.73 Å². The lowest BCUT2D eigenvalue weighted by molar-refractivity contribution is 0.407. The van der Waals surface area contributed by atoms with Crippen molar-refractivity contribution in [3.8, 4) is 0 Å². The summed E-state index contributed by atoms with van der Waals surface area (Å²) < 4.78 is 0. The molecule has 1 aromatic carbocycles. The van der Waals surface area contributed by atoms with E-state index in [1.807, 2.05) is 0 Å². The zero-order chi connectivity index (χ0) is 11.7. The van der Waals surface area contributed by atoms with Gasteiger partial charge in [-0.25, -0.2) is 0 Å². The van der Waals surface area contributed by atoms with Crippen molar-refractivity contribution in [1.29, 1.82) is 0 Å². The van der Waals surface area contributed by atoms with Gasteiger partial charge in [-0.3, -0.25) is 0 Å². The summed E-state index contributed by atoms with van der Waals surface area (Å²) in [4.78, 5) is 2.31. The number of likely N-dealkylation sites (N-methyl/N-ethyl adjacent to an activating group) is 1. The van der Waals surface area contributed by atoms with Crippen LogP contribution in [-0.2, 0) is 0 Å². The highest BCUT2D eigenvalue weighted by Crippen LogP contribution is 2.26. The van der Waals surface area contributed by atoms with Gasteiger partial charge in [0.05, 0.1) is 0 Å². The molecule has 1 aliphatic heterocycles. The molecule has 2 N–H and O–H groups in total. The topological polar surface area (TPSA) is 29.3 Å². The molecule has 0 unspecified atom stereocenters. The van der Waals surface area contributed by atoms with Crippen LogP contribution in [0.25, 0.3) is 0 Å². The van der Waals surface area contributed by atoms with E-state index in [0.717, 1.165) is 13.1 Å². The Balaban J connectivity index is 2.15. The van der Waals surface area contributed by atoms with Crippen molar-refractivity contribution in [3.63, 3.8) is 0 Å². The molecule has 16 heavy (non-hydrogen) atoms. The Hall–Kier alpha value is -0.860. The van der Waals surface area contributed by atoms with Crippen molar-refractivity contribution < 1.29 is 0 Å². The third-order valence-corrected chi connectivity index (χ3v) is 3.58. The highest BCUT2D eigenvalue weighted by molar-refractivity contribution is 5.29. The molecule has 2 rings (SSSR count). The van der Waals surface area contributed by atoms with Crippen LogP contribution in [0.3, 0.4) is 0 Å². The molecule has 2 heteroatoms. The minimum Gasteiger partial charge on any atom is -0.326 e. The molecular weight excluding hydrogens is 196 g/mol. The van der Waals surface area contributed by atoms with E-state index in [4.69, 9.17) is 5.73 Å². The first-order valence-electron chi connectivity index (χ1n) is 6.12. The smallest absolute Gasteiger partial charge is 0.0249 e. The predicted molar refractivity (Wildman–Crippen MR) is 68.7 cm³/mol. The fourth-order valence-electron chi connectivity index (χ4n) is 2.51. The predicted octanol–water partition coefficient (Wildman–Crippen LogP) is 2.17. The first kappa shape index (κ1) is 11.6. The Morgan fingerprint density at radius 2 is 1.81 bits per heavy atom. The highest BCUT2D eigenvalue weighted by atomic mass is 15.1. The monoisotopic (exact) mass is 218 g/mol. The van der Waals surface area contributed by atoms with E-state index in [2.05, 4.69) is 50.1 Å². The molecule has 1 aromatic rings. The lowest BCUT2D eigenvalue weighted by Crippen LogP contribution is -2.27. The number of hydrogen-bond acceptors (Lipinski definition) is 2. The minimum absolute atomic E-state index is 0.287. The van der Waals surface area contributed by atoms with E-state index in [0.29, 0.717) is 11.8 Å². The summed E-state index contributed by atoms with van der Waals surface area (Å²) in [6, 6.07) is 9.27. The van der Waals surface area contributed by atoms with Crippen LogP contribution in [0.2, 0.25) is 0 Å². The molecule has 0 spiro atoms. The van der Waals surface area contributed by atoms with Crippen molar-refractivity contribution in [1.82, 2.24) is 4.90 Å². The van der Waals surface area contributed by atoms with E-state index in [9.17, 15) is 0 Å². The molecule has 1 heterocycles. The van der Waals surface area contributed by atoms with Crippen LogP contribution in [0.15, 0.2) is 24.3 Å². The normalized spacial score (nSPS) is 26.6. The number of likely N-dealkylation sites (tertiary alicyclic amines) is 1. The molecule has 88 valence electrons. The lowest BCUT2D eigenvalue weighted by Gasteiger charge is -2.15. The van der Waals surface area contributed by atoms with Crippen LogP contribution >= 0.6 is 0 Å². The third-order valence-electron chi connectivity index (χ3n) is 3.58. The van der Waals surface area contributed by atoms with E-state index >= 15 is 0 Å². The minimum atomic E-state index is 0.287. The zero-order valence-electron chi connectivity index (χ0n) is 10.5. The fourth-order valence-corrected chi connectivity index (χ4v) is 2.51. The summed E-state index contributed by atoms with van der Waals surface area (Å²) in [5, 5.41) is 0. The molecule has 0 saturated carbocycles. The molecular formula is C14H22N2. The van der Waals surface area contributed by atoms with Gasteiger partial charge in [-0.05, 0) is 24.1 Å². The van der Waals surface area contributed by atoms with E-state index in [-0.39, 0.29) is 6.04 Å². The van der Waals surface area contributed by atoms with Crippen molar-refractivity contribution in [2.75, 3.05) is 20.1 Å². The van der Waals surface area contributed by atoms with Gasteiger partial charge in [-0.15, -0.1) is 0 Å². The molecule has 1 aliphatic rings. The second kappa shape index (κ2) is 4.56. The molecule has 0 aromatic heterocycles. The van der Waals surface area contributed by atoms with Gasteiger partial charge in [0.2, 0.25) is 0 Å². The molecule has 1 saturated heterocycles. The number of nitrogens with two attached hydrogens (primary N) is 1. The van der Waals surface area contributed by atoms with E-state index in [1.165, 1.54) is 11.1 Å². The van der Waals surface area contributed by atoms with Gasteiger partial charge in [0.15, 0.2) is 0 Å². The third kappa shape index (κ3) is 2.28. The van der Waals surface area contributed by atoms with Gasteiger partial charge >= 0.3 is 0 Å². The summed E-state index contributed by atoms with van der Waals surface area (Å²) in [5.41, 5.74) is 8.95. The van der Waals surface area contributed by atoms with Crippen LogP contribution in [-0.4, -0.2) is 31.1 Å². The van der Waals surface area contributed by atoms with Crippen molar-refractivity contribution in [2.24, 2.45) is 5.73 Å². The first-order chi connectivity index (χ1) is 7.58. The Kier molecular flexibility index (Phi) is 3.31. The van der Waals surface area contributed by atoms with Gasteiger partial charge < -0.3 is 10.6 Å². The van der Waals surface area contributed by atoms with Crippen molar-refractivity contribution >= 4 is 0 Å². The quantitative estimate of drug-likeness (QED) is 0.824. The largest absolute Gasteiger partial charge is 0.326 e. The maximum absolute atomic E-state index is 6.16. The van der Waals surface area contributed by atoms with E-state index < -0.39 is 0 Å². The second-order valence-electron chi connectivity index (χ2n) is 5.31. The number of benzene rings is 1. The van der Waals surface area contributed by atoms with E-state index in [1.54, 1.807) is 0 Å². The number of hydrogen-bond donors (Lipinski definition) is 1. The summed E-state index contributed by atoms with van der Waals surface area (Å²) in [6.45, 7) is 6.55. The van der Waals surface area contributed by atoms with Crippen LogP contribution in [0, 0.1) is 0 Å². The molecule has 1 fully saturated rings. The molecule has 2 nitrogen and oxygen atoms in total. The first-order valence-corrected chi connectivity index (χ1v) is 6.12. The Morgan fingerprint density at radius 3 is 2.25 bits per heavy atom. The van der Waals surface area contributed by atoms with Crippen molar-refractivity contribution in [3.05, 3.63) is 35.4 Å². The molecule has 2 atom stereocenters. The SMILES string of the molecule is CC(C)c1ccc([C@@H]2CN(C)C[C@@H]2N)cc1. The average Bonchev–Trinajstić information content (AvgIpc) is 2.58. The van der Waals surface area contributed by atoms with Crippen LogP contribution in [0.1, 0.15) is 36.8 Å². The van der Waals surface area contributed by atoms with Gasteiger partial charge in [0.1, 0.15) is 0 Å². The Morgan fingerprint density at radius 1 is 1.19 bits per heavy atom. The fraction of sp³-hybridized carbons (Fsp3) is 0.571. The summed E-state index contributed by atoms with van der Waals surface area (Å²) in [5.74, 6) is 1.11. The van der Waals surface area contributed by atoms with Gasteiger partial charge in [-0.1, -0.05) is 38.1 Å². The second-order valence-corrected chi connectivity index (χ2v) is 5.31. The van der Waals surface area contributed by atoms with Gasteiger partial charge in [-0.2, -0.15) is 0 Å². The summed E-state index contributed by atoms with van der Waals surface area (Å²) in [6.07, 6.45) is 0. The van der Waals surface area contributed by atoms with Gasteiger partial charge in [0.25, 0.3) is 0 Å². The zero-order valence-corrected chi connectivity index (χ0v) is 10.5. The average molecular weight is 218 g/mol. The molecule has 0 bridgehead atoms. The number of rotatable bonds is 2. The maximum Gasteiger partial charge on any atom is 0.0249 e. The summed E-state index contributed by atoms with van der Waals surface area (Å²) in [7, 11) is 2.14. The maximum atomic E-state index is 6.16. The Labute approximate surface area is 98.4 Å². The van der Waals surface area contributed by atoms with Crippen LogP contribution in [0.5, 0.6) is 0 Å². The molecule has 0 aliphatic carbocycles. The Bertz CT molecular complexity index is 342. The number of nitrogens with zero attached hydrogens (tertiary/aromatic N) is 1. The van der Waals surface area contributed by atoms with Crippen molar-refractivity contribution in [2.45, 2.75) is 31.7 Å². The lowest BCUT2D eigenvalue weighted by atomic mass is 9.92. The van der Waals surface area contributed by atoms with Gasteiger partial charge in [0, 0.05) is 25.0 Å².